The van der Waals surface area contributed by atoms with E-state index in [1.807, 2.05) is 32.0 Å². The standard InChI is InChI=1S/C13H15BrN2O2/c1-3-5-11(17)12-15-13(18-16-12)9-6-4-7-10(14)8(9)2/h4,6-7,11,17H,3,5H2,1-2H3. The molecule has 96 valence electrons. The van der Waals surface area contributed by atoms with Gasteiger partial charge >= 0.3 is 0 Å². The van der Waals surface area contributed by atoms with Gasteiger partial charge in [-0.3, -0.25) is 0 Å². The van der Waals surface area contributed by atoms with Crippen molar-refractivity contribution in [1.29, 1.82) is 0 Å². The molecule has 0 saturated carbocycles. The Morgan fingerprint density at radius 3 is 2.94 bits per heavy atom. The van der Waals surface area contributed by atoms with Crippen LogP contribution in [-0.2, 0) is 0 Å². The molecule has 0 aliphatic heterocycles. The first kappa shape index (κ1) is 13.2. The molecule has 4 nitrogen and oxygen atoms in total. The van der Waals surface area contributed by atoms with Gasteiger partial charge in [0, 0.05) is 10.0 Å². The number of hydrogen-bond acceptors (Lipinski definition) is 4. The van der Waals surface area contributed by atoms with E-state index in [0.29, 0.717) is 18.1 Å². The van der Waals surface area contributed by atoms with Crippen molar-refractivity contribution in [3.8, 4) is 11.5 Å². The van der Waals surface area contributed by atoms with Gasteiger partial charge < -0.3 is 9.63 Å². The molecule has 1 aromatic heterocycles. The molecule has 0 aliphatic carbocycles. The van der Waals surface area contributed by atoms with Crippen molar-refractivity contribution < 1.29 is 9.63 Å². The van der Waals surface area contributed by atoms with Crippen LogP contribution in [0.1, 0.15) is 37.3 Å². The van der Waals surface area contributed by atoms with Crippen molar-refractivity contribution in [1.82, 2.24) is 10.1 Å². The number of aliphatic hydroxyl groups excluding tert-OH is 1. The summed E-state index contributed by atoms with van der Waals surface area (Å²) in [6, 6.07) is 5.80. The third-order valence-corrected chi connectivity index (χ3v) is 3.66. The van der Waals surface area contributed by atoms with Gasteiger partial charge in [0.15, 0.2) is 0 Å². The molecular formula is C13H15BrN2O2. The second-order valence-corrected chi connectivity index (χ2v) is 5.03. The maximum absolute atomic E-state index is 9.81. The third kappa shape index (κ3) is 2.62. The van der Waals surface area contributed by atoms with E-state index in [4.69, 9.17) is 4.52 Å². The predicted molar refractivity (Wildman–Crippen MR) is 72.0 cm³/mol. The van der Waals surface area contributed by atoms with Gasteiger partial charge in [-0.2, -0.15) is 4.98 Å². The van der Waals surface area contributed by atoms with Crippen molar-refractivity contribution in [2.45, 2.75) is 32.8 Å². The number of benzene rings is 1. The Bertz CT molecular complexity index is 540. The van der Waals surface area contributed by atoms with Crippen LogP contribution in [0.5, 0.6) is 0 Å². The van der Waals surface area contributed by atoms with Gasteiger partial charge in [0.05, 0.1) is 0 Å². The molecule has 18 heavy (non-hydrogen) atoms. The van der Waals surface area contributed by atoms with Crippen LogP contribution in [-0.4, -0.2) is 15.2 Å². The van der Waals surface area contributed by atoms with Crippen molar-refractivity contribution in [3.05, 3.63) is 34.1 Å². The molecule has 2 aromatic rings. The van der Waals surface area contributed by atoms with Crippen LogP contribution in [0.4, 0.5) is 0 Å². The van der Waals surface area contributed by atoms with Gasteiger partial charge in [-0.25, -0.2) is 0 Å². The largest absolute Gasteiger partial charge is 0.385 e. The van der Waals surface area contributed by atoms with Crippen molar-refractivity contribution >= 4 is 15.9 Å². The Kier molecular flexibility index (Phi) is 4.14. The van der Waals surface area contributed by atoms with E-state index in [1.165, 1.54) is 0 Å². The molecule has 0 radical (unpaired) electrons. The molecule has 5 heteroatoms. The second-order valence-electron chi connectivity index (χ2n) is 4.17. The van der Waals surface area contributed by atoms with Gasteiger partial charge in [-0.1, -0.05) is 40.5 Å². The average molecular weight is 311 g/mol. The summed E-state index contributed by atoms with van der Waals surface area (Å²) in [5, 5.41) is 13.6. The lowest BCUT2D eigenvalue weighted by molar-refractivity contribution is 0.153. The molecule has 1 heterocycles. The highest BCUT2D eigenvalue weighted by Gasteiger charge is 2.17. The highest BCUT2D eigenvalue weighted by atomic mass is 79.9. The lowest BCUT2D eigenvalue weighted by Crippen LogP contribution is -1.98. The summed E-state index contributed by atoms with van der Waals surface area (Å²) in [6.45, 7) is 3.98. The minimum Gasteiger partial charge on any atom is -0.385 e. The number of aromatic nitrogens is 2. The summed E-state index contributed by atoms with van der Waals surface area (Å²) in [5.74, 6) is 0.796. The Balaban J connectivity index is 2.32. The predicted octanol–water partition coefficient (Wildman–Crippen LogP) is 3.64. The first-order valence-corrected chi connectivity index (χ1v) is 6.70. The summed E-state index contributed by atoms with van der Waals surface area (Å²) in [7, 11) is 0. The van der Waals surface area contributed by atoms with Gasteiger partial charge in [-0.05, 0) is 31.0 Å². The van der Waals surface area contributed by atoms with Crippen LogP contribution in [0.25, 0.3) is 11.5 Å². The summed E-state index contributed by atoms with van der Waals surface area (Å²) < 4.78 is 6.21. The van der Waals surface area contributed by atoms with Crippen molar-refractivity contribution in [2.24, 2.45) is 0 Å². The SMILES string of the molecule is CCCC(O)c1noc(-c2cccc(Br)c2C)n1. The molecule has 0 bridgehead atoms. The van der Waals surface area contributed by atoms with Crippen LogP contribution >= 0.6 is 15.9 Å². The maximum atomic E-state index is 9.81. The number of hydrogen-bond donors (Lipinski definition) is 1. The van der Waals surface area contributed by atoms with Crippen LogP contribution in [0, 0.1) is 6.92 Å². The lowest BCUT2D eigenvalue weighted by atomic mass is 10.1. The monoisotopic (exact) mass is 310 g/mol. The molecule has 0 amide bonds. The molecule has 0 saturated heterocycles. The van der Waals surface area contributed by atoms with Gasteiger partial charge in [0.25, 0.3) is 5.89 Å². The molecule has 0 fully saturated rings. The van der Waals surface area contributed by atoms with E-state index in [9.17, 15) is 5.11 Å². The lowest BCUT2D eigenvalue weighted by Gasteiger charge is -2.03. The minimum atomic E-state index is -0.653. The van der Waals surface area contributed by atoms with Crippen molar-refractivity contribution in [3.63, 3.8) is 0 Å². The highest BCUT2D eigenvalue weighted by Crippen LogP contribution is 2.28. The fraction of sp³-hybridized carbons (Fsp3) is 0.385. The molecule has 2 rings (SSSR count). The van der Waals surface area contributed by atoms with E-state index in [2.05, 4.69) is 26.1 Å². The van der Waals surface area contributed by atoms with Crippen LogP contribution in [0.15, 0.2) is 27.2 Å². The van der Waals surface area contributed by atoms with E-state index in [1.54, 1.807) is 0 Å². The van der Waals surface area contributed by atoms with Crippen LogP contribution in [0.3, 0.4) is 0 Å². The maximum Gasteiger partial charge on any atom is 0.258 e. The van der Waals surface area contributed by atoms with Crippen LogP contribution < -0.4 is 0 Å². The Morgan fingerprint density at radius 2 is 2.22 bits per heavy atom. The Hall–Kier alpha value is -1.20. The number of rotatable bonds is 4. The smallest absolute Gasteiger partial charge is 0.258 e. The zero-order valence-electron chi connectivity index (χ0n) is 10.4. The Labute approximate surface area is 114 Å². The number of nitrogens with zero attached hydrogens (tertiary/aromatic N) is 2. The van der Waals surface area contributed by atoms with Gasteiger partial charge in [0.2, 0.25) is 5.82 Å². The highest BCUT2D eigenvalue weighted by molar-refractivity contribution is 9.10. The summed E-state index contributed by atoms with van der Waals surface area (Å²) >= 11 is 3.46. The van der Waals surface area contributed by atoms with Gasteiger partial charge in [-0.15, -0.1) is 0 Å². The minimum absolute atomic E-state index is 0.353. The molecular weight excluding hydrogens is 296 g/mol. The van der Waals surface area contributed by atoms with E-state index in [0.717, 1.165) is 22.0 Å². The summed E-state index contributed by atoms with van der Waals surface area (Å²) in [4.78, 5) is 4.25. The fourth-order valence-corrected chi connectivity index (χ4v) is 2.09. The molecule has 1 aromatic carbocycles. The zero-order chi connectivity index (χ0) is 13.1. The first-order valence-electron chi connectivity index (χ1n) is 5.90. The Morgan fingerprint density at radius 1 is 1.44 bits per heavy atom. The van der Waals surface area contributed by atoms with E-state index < -0.39 is 6.10 Å². The van der Waals surface area contributed by atoms with E-state index >= 15 is 0 Å². The summed E-state index contributed by atoms with van der Waals surface area (Å²) in [6.07, 6.45) is 0.858. The second kappa shape index (κ2) is 5.63. The van der Waals surface area contributed by atoms with E-state index in [-0.39, 0.29) is 0 Å². The quantitative estimate of drug-likeness (QED) is 0.936. The van der Waals surface area contributed by atoms with Crippen LogP contribution in [0.2, 0.25) is 0 Å². The molecule has 1 unspecified atom stereocenters. The summed E-state index contributed by atoms with van der Waals surface area (Å²) in [5.41, 5.74) is 1.92. The molecule has 1 N–H and O–H groups in total. The normalized spacial score (nSPS) is 12.7. The number of aliphatic hydroxyl groups is 1. The van der Waals surface area contributed by atoms with Gasteiger partial charge in [0.1, 0.15) is 6.10 Å². The number of halogens is 1. The first-order chi connectivity index (χ1) is 8.63. The third-order valence-electron chi connectivity index (χ3n) is 2.80. The van der Waals surface area contributed by atoms with Crippen molar-refractivity contribution in [2.75, 3.05) is 0 Å². The topological polar surface area (TPSA) is 59.2 Å². The molecule has 0 aliphatic rings. The molecule has 1 atom stereocenters. The average Bonchev–Trinajstić information content (AvgIpc) is 2.82. The molecule has 0 spiro atoms. The zero-order valence-corrected chi connectivity index (χ0v) is 11.9. The fourth-order valence-electron chi connectivity index (χ4n) is 1.72.